The fourth-order valence-electron chi connectivity index (χ4n) is 6.28. The molecule has 0 saturated carbocycles. The van der Waals surface area contributed by atoms with Crippen molar-refractivity contribution < 1.29 is 28.1 Å². The van der Waals surface area contributed by atoms with Crippen LogP contribution in [0, 0.1) is 23.5 Å². The number of halogens is 2. The predicted molar refractivity (Wildman–Crippen MR) is 101 cm³/mol. The Balaban J connectivity index is 1.56. The normalized spacial score (nSPS) is 33.8. The molecule has 2 aromatic rings. The summed E-state index contributed by atoms with van der Waals surface area (Å²) in [6, 6.07) is 9.07. The number of benzene rings is 2. The standard InChI is InChI=1S/C22H17F2N3O3/c23-11-3-6-13(7-4-11)27-19(28)17-16-2-1-9-26(16)22(18(17)20(27)29)14-10-12(24)5-8-15(14)25-21(22)30/h3-8,10,16-18H,1-2,9H2,(H,25,30)/p+1/t16-,17+,18-,22+/m0/s1. The molecule has 4 aliphatic rings. The second-order valence-corrected chi connectivity index (χ2v) is 8.47. The fourth-order valence-corrected chi connectivity index (χ4v) is 6.28. The van der Waals surface area contributed by atoms with Crippen LogP contribution >= 0.6 is 0 Å². The Morgan fingerprint density at radius 1 is 1.00 bits per heavy atom. The van der Waals surface area contributed by atoms with E-state index in [-0.39, 0.29) is 23.5 Å². The molecule has 152 valence electrons. The Labute approximate surface area is 170 Å². The van der Waals surface area contributed by atoms with Crippen molar-refractivity contribution >= 4 is 29.1 Å². The highest BCUT2D eigenvalue weighted by atomic mass is 19.1. The number of amides is 3. The van der Waals surface area contributed by atoms with Crippen LogP contribution in [0.2, 0.25) is 0 Å². The summed E-state index contributed by atoms with van der Waals surface area (Å²) < 4.78 is 27.6. The molecule has 1 unspecified atom stereocenters. The molecule has 2 aromatic carbocycles. The highest BCUT2D eigenvalue weighted by molar-refractivity contribution is 6.25. The molecule has 6 rings (SSSR count). The van der Waals surface area contributed by atoms with Gasteiger partial charge in [-0.2, -0.15) is 0 Å². The van der Waals surface area contributed by atoms with Crippen LogP contribution in [-0.2, 0) is 19.9 Å². The Morgan fingerprint density at radius 3 is 2.50 bits per heavy atom. The van der Waals surface area contributed by atoms with E-state index in [1.807, 2.05) is 0 Å². The van der Waals surface area contributed by atoms with Crippen LogP contribution in [-0.4, -0.2) is 30.3 Å². The fraction of sp³-hybridized carbons (Fsp3) is 0.318. The minimum absolute atomic E-state index is 0.197. The van der Waals surface area contributed by atoms with Gasteiger partial charge >= 0.3 is 0 Å². The number of imide groups is 1. The van der Waals surface area contributed by atoms with Crippen LogP contribution < -0.4 is 15.1 Å². The van der Waals surface area contributed by atoms with Crippen molar-refractivity contribution in [2.24, 2.45) is 11.8 Å². The van der Waals surface area contributed by atoms with Gasteiger partial charge in [-0.25, -0.2) is 13.7 Å². The van der Waals surface area contributed by atoms with Crippen LogP contribution in [0.25, 0.3) is 0 Å². The predicted octanol–water partition coefficient (Wildman–Crippen LogP) is 0.979. The highest BCUT2D eigenvalue weighted by Gasteiger charge is 2.78. The molecule has 0 radical (unpaired) electrons. The van der Waals surface area contributed by atoms with E-state index in [0.717, 1.165) is 16.2 Å². The molecule has 3 amide bonds. The van der Waals surface area contributed by atoms with E-state index < -0.39 is 34.9 Å². The van der Waals surface area contributed by atoms with E-state index in [2.05, 4.69) is 5.32 Å². The minimum Gasteiger partial charge on any atom is -0.320 e. The highest BCUT2D eigenvalue weighted by Crippen LogP contribution is 2.52. The third kappa shape index (κ3) is 1.92. The summed E-state index contributed by atoms with van der Waals surface area (Å²) in [6.45, 7) is 0.637. The summed E-state index contributed by atoms with van der Waals surface area (Å²) in [7, 11) is 0. The Morgan fingerprint density at radius 2 is 1.73 bits per heavy atom. The molecule has 0 aliphatic carbocycles. The zero-order valence-corrected chi connectivity index (χ0v) is 15.8. The third-order valence-corrected chi connectivity index (χ3v) is 7.26. The first-order chi connectivity index (χ1) is 14.4. The number of fused-ring (bicyclic) bond motifs is 7. The largest absolute Gasteiger partial charge is 0.320 e. The van der Waals surface area contributed by atoms with Crippen molar-refractivity contribution in [3.8, 4) is 0 Å². The van der Waals surface area contributed by atoms with Crippen molar-refractivity contribution in [1.29, 1.82) is 0 Å². The molecular formula is C22H18F2N3O3+. The van der Waals surface area contributed by atoms with E-state index in [0.29, 0.717) is 24.2 Å². The molecule has 6 nitrogen and oxygen atoms in total. The molecule has 4 heterocycles. The number of rotatable bonds is 1. The molecule has 0 bridgehead atoms. The lowest BCUT2D eigenvalue weighted by Crippen LogP contribution is -3.19. The first-order valence-corrected chi connectivity index (χ1v) is 10.1. The molecule has 5 atom stereocenters. The van der Waals surface area contributed by atoms with Gasteiger partial charge in [-0.05, 0) is 42.5 Å². The van der Waals surface area contributed by atoms with Crippen molar-refractivity contribution in [3.05, 3.63) is 59.7 Å². The monoisotopic (exact) mass is 410 g/mol. The Hall–Kier alpha value is -3.13. The molecule has 3 saturated heterocycles. The SMILES string of the molecule is O=C1[C@H]2[C@@H](C(=O)N1c1ccc(F)cc1)[C@]1(C(=O)Nc3ccc(F)cc31)[NH+]1CCC[C@@H]21. The third-order valence-electron chi connectivity index (χ3n) is 7.26. The van der Waals surface area contributed by atoms with Crippen LogP contribution in [0.3, 0.4) is 0 Å². The summed E-state index contributed by atoms with van der Waals surface area (Å²) in [6.07, 6.45) is 1.54. The van der Waals surface area contributed by atoms with Gasteiger partial charge in [0, 0.05) is 18.4 Å². The van der Waals surface area contributed by atoms with Crippen molar-refractivity contribution in [3.63, 3.8) is 0 Å². The van der Waals surface area contributed by atoms with Crippen LogP contribution in [0.5, 0.6) is 0 Å². The Kier molecular flexibility index (Phi) is 3.38. The van der Waals surface area contributed by atoms with Crippen molar-refractivity contribution in [2.75, 3.05) is 16.8 Å². The number of quaternary nitrogens is 1. The Bertz CT molecular complexity index is 1130. The van der Waals surface area contributed by atoms with Crippen LogP contribution in [0.15, 0.2) is 42.5 Å². The summed E-state index contributed by atoms with van der Waals surface area (Å²) in [5.41, 5.74) is -0.108. The molecule has 3 fully saturated rings. The number of anilines is 2. The topological polar surface area (TPSA) is 70.9 Å². The molecular weight excluding hydrogens is 392 g/mol. The zero-order valence-electron chi connectivity index (χ0n) is 15.8. The smallest absolute Gasteiger partial charge is 0.291 e. The first-order valence-electron chi connectivity index (χ1n) is 10.1. The number of carbonyl (C=O) groups is 3. The molecule has 1 spiro atoms. The van der Waals surface area contributed by atoms with Crippen LogP contribution in [0.1, 0.15) is 18.4 Å². The number of nitrogens with one attached hydrogen (secondary N) is 2. The van der Waals surface area contributed by atoms with Gasteiger partial charge in [0.2, 0.25) is 17.4 Å². The summed E-state index contributed by atoms with van der Waals surface area (Å²) in [5.74, 6) is -3.75. The van der Waals surface area contributed by atoms with Gasteiger partial charge in [0.1, 0.15) is 29.5 Å². The van der Waals surface area contributed by atoms with E-state index in [1.54, 1.807) is 0 Å². The van der Waals surface area contributed by atoms with E-state index in [9.17, 15) is 23.2 Å². The van der Waals surface area contributed by atoms with Crippen molar-refractivity contribution in [2.45, 2.75) is 24.4 Å². The van der Waals surface area contributed by atoms with Gasteiger partial charge in [-0.3, -0.25) is 14.4 Å². The lowest BCUT2D eigenvalue weighted by Gasteiger charge is -2.33. The maximum absolute atomic E-state index is 14.2. The number of hydrogen-bond donors (Lipinski definition) is 2. The van der Waals surface area contributed by atoms with Gasteiger partial charge < -0.3 is 10.2 Å². The number of hydrogen-bond acceptors (Lipinski definition) is 3. The summed E-state index contributed by atoms with van der Waals surface area (Å²) in [5, 5.41) is 2.82. The quantitative estimate of drug-likeness (QED) is 0.689. The molecule has 8 heteroatoms. The second-order valence-electron chi connectivity index (χ2n) is 8.47. The molecule has 4 aliphatic heterocycles. The van der Waals surface area contributed by atoms with Crippen molar-refractivity contribution in [1.82, 2.24) is 0 Å². The van der Waals surface area contributed by atoms with Gasteiger partial charge in [-0.15, -0.1) is 0 Å². The average molecular weight is 410 g/mol. The molecule has 30 heavy (non-hydrogen) atoms. The van der Waals surface area contributed by atoms with Gasteiger partial charge in [0.15, 0.2) is 0 Å². The van der Waals surface area contributed by atoms with E-state index >= 15 is 0 Å². The minimum atomic E-state index is -1.33. The lowest BCUT2D eigenvalue weighted by atomic mass is 9.75. The maximum Gasteiger partial charge on any atom is 0.291 e. The zero-order chi connectivity index (χ0) is 20.8. The summed E-state index contributed by atoms with van der Waals surface area (Å²) >= 11 is 0. The molecule has 0 aromatic heterocycles. The average Bonchev–Trinajstić information content (AvgIpc) is 3.42. The summed E-state index contributed by atoms with van der Waals surface area (Å²) in [4.78, 5) is 42.4. The lowest BCUT2D eigenvalue weighted by molar-refractivity contribution is -0.948. The van der Waals surface area contributed by atoms with E-state index in [1.165, 1.54) is 42.5 Å². The number of nitrogens with zero attached hydrogens (tertiary/aromatic N) is 1. The van der Waals surface area contributed by atoms with Crippen LogP contribution in [0.4, 0.5) is 20.2 Å². The van der Waals surface area contributed by atoms with E-state index in [4.69, 9.17) is 0 Å². The maximum atomic E-state index is 14.2. The second kappa shape index (κ2) is 5.72. The van der Waals surface area contributed by atoms with Gasteiger partial charge in [0.25, 0.3) is 5.91 Å². The molecule has 2 N–H and O–H groups in total. The number of carbonyl (C=O) groups excluding carboxylic acids is 3. The van der Waals surface area contributed by atoms with Gasteiger partial charge in [0.05, 0.1) is 17.9 Å². The van der Waals surface area contributed by atoms with Gasteiger partial charge in [-0.1, -0.05) is 0 Å². The first kappa shape index (κ1) is 17.7.